The van der Waals surface area contributed by atoms with Gasteiger partial charge in [-0.05, 0) is 22.3 Å². The highest BCUT2D eigenvalue weighted by Gasteiger charge is 2.40. The predicted molar refractivity (Wildman–Crippen MR) is 77.1 cm³/mol. The van der Waals surface area contributed by atoms with Gasteiger partial charge in [0.2, 0.25) is 0 Å². The van der Waals surface area contributed by atoms with E-state index in [0.29, 0.717) is 0 Å². The molecule has 0 bridgehead atoms. The van der Waals surface area contributed by atoms with Crippen molar-refractivity contribution >= 4 is 0 Å². The van der Waals surface area contributed by atoms with E-state index < -0.39 is 0 Å². The van der Waals surface area contributed by atoms with Gasteiger partial charge in [0.05, 0.1) is 0 Å². The van der Waals surface area contributed by atoms with E-state index in [1.807, 2.05) is 0 Å². The fourth-order valence-corrected chi connectivity index (χ4v) is 3.44. The summed E-state index contributed by atoms with van der Waals surface area (Å²) in [6.45, 7) is 9.33. The largest absolute Gasteiger partial charge is 0.0619 e. The highest BCUT2D eigenvalue weighted by Crippen LogP contribution is 2.49. The molecule has 0 nitrogen and oxygen atoms in total. The monoisotopic (exact) mass is 236 g/mol. The first kappa shape index (κ1) is 11.5. The van der Waals surface area contributed by atoms with E-state index >= 15 is 0 Å². The Hall–Kier alpha value is -1.56. The maximum atomic E-state index is 2.33. The summed E-state index contributed by atoms with van der Waals surface area (Å²) in [7, 11) is 0. The van der Waals surface area contributed by atoms with Crippen LogP contribution in [0.4, 0.5) is 0 Å². The smallest absolute Gasteiger partial charge is 0.0152 e. The summed E-state index contributed by atoms with van der Waals surface area (Å²) in [5.74, 6) is 0. The molecule has 0 fully saturated rings. The van der Waals surface area contributed by atoms with Crippen LogP contribution in [0.3, 0.4) is 0 Å². The molecule has 0 radical (unpaired) electrons. The molecule has 92 valence electrons. The first-order valence-electron chi connectivity index (χ1n) is 6.65. The first-order valence-corrected chi connectivity index (χ1v) is 6.65. The molecule has 0 saturated heterocycles. The quantitative estimate of drug-likeness (QED) is 0.624. The maximum Gasteiger partial charge on any atom is 0.0152 e. The van der Waals surface area contributed by atoms with Crippen LogP contribution in [0.25, 0.3) is 0 Å². The average Bonchev–Trinajstić information content (AvgIpc) is 2.37. The highest BCUT2D eigenvalue weighted by atomic mass is 14.4. The zero-order valence-electron chi connectivity index (χ0n) is 11.6. The topological polar surface area (TPSA) is 0 Å². The Kier molecular flexibility index (Phi) is 2.22. The van der Waals surface area contributed by atoms with Gasteiger partial charge in [0.1, 0.15) is 0 Å². The lowest BCUT2D eigenvalue weighted by Crippen LogP contribution is -2.36. The summed E-state index contributed by atoms with van der Waals surface area (Å²) >= 11 is 0. The van der Waals surface area contributed by atoms with Crippen molar-refractivity contribution in [3.05, 3.63) is 70.8 Å². The molecule has 2 aromatic carbocycles. The van der Waals surface area contributed by atoms with Crippen LogP contribution in [0.15, 0.2) is 48.5 Å². The molecule has 0 amide bonds. The van der Waals surface area contributed by atoms with Gasteiger partial charge in [-0.1, -0.05) is 76.2 Å². The van der Waals surface area contributed by atoms with Gasteiger partial charge in [-0.25, -0.2) is 0 Å². The standard InChI is InChI=1S/C18H20/c1-17(2)13-9-5-7-11-15(13)18(3,4)16-12-8-6-10-14(16)17/h5-12H,1-4H3. The number of rotatable bonds is 0. The third kappa shape index (κ3) is 1.32. The van der Waals surface area contributed by atoms with E-state index in [9.17, 15) is 0 Å². The molecule has 0 heteroatoms. The Balaban J connectivity index is 2.41. The van der Waals surface area contributed by atoms with Crippen LogP contribution in [0.2, 0.25) is 0 Å². The van der Waals surface area contributed by atoms with Crippen LogP contribution < -0.4 is 0 Å². The molecule has 18 heavy (non-hydrogen) atoms. The van der Waals surface area contributed by atoms with E-state index in [4.69, 9.17) is 0 Å². The molecule has 0 atom stereocenters. The molecule has 0 aromatic heterocycles. The van der Waals surface area contributed by atoms with Crippen LogP contribution in [0.1, 0.15) is 49.9 Å². The lowest BCUT2D eigenvalue weighted by molar-refractivity contribution is 0.520. The van der Waals surface area contributed by atoms with Crippen molar-refractivity contribution < 1.29 is 0 Å². The minimum Gasteiger partial charge on any atom is -0.0619 e. The Bertz CT molecular complexity index is 497. The van der Waals surface area contributed by atoms with Crippen molar-refractivity contribution in [1.29, 1.82) is 0 Å². The van der Waals surface area contributed by atoms with Crippen molar-refractivity contribution in [1.82, 2.24) is 0 Å². The second kappa shape index (κ2) is 3.47. The molecular formula is C18H20. The maximum absolute atomic E-state index is 2.33. The minimum atomic E-state index is 0.0999. The van der Waals surface area contributed by atoms with Crippen molar-refractivity contribution in [3.63, 3.8) is 0 Å². The molecule has 3 rings (SSSR count). The summed E-state index contributed by atoms with van der Waals surface area (Å²) in [5, 5.41) is 0. The summed E-state index contributed by atoms with van der Waals surface area (Å²) in [5.41, 5.74) is 6.07. The molecule has 1 aliphatic rings. The van der Waals surface area contributed by atoms with E-state index in [1.165, 1.54) is 22.3 Å². The zero-order chi connectivity index (χ0) is 13.0. The number of fused-ring (bicyclic) bond motifs is 2. The normalized spacial score (nSPS) is 18.9. The molecule has 0 N–H and O–H groups in total. The Morgan fingerprint density at radius 1 is 0.500 bits per heavy atom. The fraction of sp³-hybridized carbons (Fsp3) is 0.333. The number of benzene rings is 2. The Morgan fingerprint density at radius 2 is 0.722 bits per heavy atom. The molecule has 0 saturated carbocycles. The molecule has 0 unspecified atom stereocenters. The molecular weight excluding hydrogens is 216 g/mol. The van der Waals surface area contributed by atoms with Gasteiger partial charge in [-0.3, -0.25) is 0 Å². The van der Waals surface area contributed by atoms with Gasteiger partial charge in [-0.15, -0.1) is 0 Å². The van der Waals surface area contributed by atoms with Crippen LogP contribution >= 0.6 is 0 Å². The van der Waals surface area contributed by atoms with Crippen molar-refractivity contribution in [2.45, 2.75) is 38.5 Å². The second-order valence-corrected chi connectivity index (χ2v) is 6.34. The molecule has 0 aliphatic heterocycles. The van der Waals surface area contributed by atoms with E-state index in [0.717, 1.165) is 0 Å². The Labute approximate surface area is 110 Å². The highest BCUT2D eigenvalue weighted by molar-refractivity contribution is 5.58. The van der Waals surface area contributed by atoms with Crippen molar-refractivity contribution in [2.24, 2.45) is 0 Å². The zero-order valence-corrected chi connectivity index (χ0v) is 11.6. The molecule has 2 aromatic rings. The molecule has 0 heterocycles. The number of hydrogen-bond acceptors (Lipinski definition) is 0. The van der Waals surface area contributed by atoms with Crippen LogP contribution in [-0.2, 0) is 10.8 Å². The summed E-state index contributed by atoms with van der Waals surface area (Å²) < 4.78 is 0. The first-order chi connectivity index (χ1) is 8.45. The molecule has 1 aliphatic carbocycles. The average molecular weight is 236 g/mol. The Morgan fingerprint density at radius 3 is 0.944 bits per heavy atom. The SMILES string of the molecule is CC1(C)c2ccccc2C(C)(C)c2ccccc21. The lowest BCUT2D eigenvalue weighted by atomic mass is 9.60. The third-order valence-corrected chi connectivity index (χ3v) is 4.55. The molecule has 0 spiro atoms. The summed E-state index contributed by atoms with van der Waals surface area (Å²) in [6, 6.07) is 17.8. The third-order valence-electron chi connectivity index (χ3n) is 4.55. The second-order valence-electron chi connectivity index (χ2n) is 6.34. The van der Waals surface area contributed by atoms with Crippen LogP contribution in [-0.4, -0.2) is 0 Å². The van der Waals surface area contributed by atoms with Gasteiger partial charge < -0.3 is 0 Å². The lowest BCUT2D eigenvalue weighted by Gasteiger charge is -2.43. The van der Waals surface area contributed by atoms with E-state index in [-0.39, 0.29) is 10.8 Å². The predicted octanol–water partition coefficient (Wildman–Crippen LogP) is 4.65. The fourth-order valence-electron chi connectivity index (χ4n) is 3.44. The van der Waals surface area contributed by atoms with Crippen LogP contribution in [0.5, 0.6) is 0 Å². The van der Waals surface area contributed by atoms with Gasteiger partial charge in [0.15, 0.2) is 0 Å². The van der Waals surface area contributed by atoms with Gasteiger partial charge in [0.25, 0.3) is 0 Å². The number of hydrogen-bond donors (Lipinski definition) is 0. The van der Waals surface area contributed by atoms with E-state index in [2.05, 4.69) is 76.2 Å². The van der Waals surface area contributed by atoms with E-state index in [1.54, 1.807) is 0 Å². The van der Waals surface area contributed by atoms with Gasteiger partial charge in [0, 0.05) is 10.8 Å². The van der Waals surface area contributed by atoms with Crippen molar-refractivity contribution in [3.8, 4) is 0 Å². The summed E-state index contributed by atoms with van der Waals surface area (Å²) in [4.78, 5) is 0. The van der Waals surface area contributed by atoms with Gasteiger partial charge >= 0.3 is 0 Å². The van der Waals surface area contributed by atoms with Gasteiger partial charge in [-0.2, -0.15) is 0 Å². The minimum absolute atomic E-state index is 0.0999. The summed E-state index contributed by atoms with van der Waals surface area (Å²) in [6.07, 6.45) is 0. The van der Waals surface area contributed by atoms with Crippen LogP contribution in [0, 0.1) is 0 Å². The van der Waals surface area contributed by atoms with Crippen molar-refractivity contribution in [2.75, 3.05) is 0 Å².